The lowest BCUT2D eigenvalue weighted by Gasteiger charge is -2.15. The van der Waals surface area contributed by atoms with Gasteiger partial charge in [0.2, 0.25) is 5.75 Å². The quantitative estimate of drug-likeness (QED) is 0.459. The Hall–Kier alpha value is -3.28. The molecule has 0 atom stereocenters. The van der Waals surface area contributed by atoms with E-state index < -0.39 is 11.6 Å². The van der Waals surface area contributed by atoms with Crippen molar-refractivity contribution in [2.75, 3.05) is 0 Å². The Bertz CT molecular complexity index is 1030. The number of carbonyl (C=O) groups is 1. The van der Waals surface area contributed by atoms with Gasteiger partial charge in [0.15, 0.2) is 5.75 Å². The Morgan fingerprint density at radius 2 is 1.57 bits per heavy atom. The van der Waals surface area contributed by atoms with Crippen LogP contribution < -0.4 is 19.8 Å². The number of ether oxygens (including phenoxy) is 3. The normalized spacial score (nSPS) is 11.1. The van der Waals surface area contributed by atoms with Gasteiger partial charge in [-0.15, -0.1) is 0 Å². The molecule has 0 radical (unpaired) electrons. The molecule has 3 aromatic rings. The molecular formula is C22H22O6. The molecule has 2 aromatic carbocycles. The molecule has 0 spiro atoms. The number of carbonyl (C=O) groups excluding carboxylic acids is 1. The summed E-state index contributed by atoms with van der Waals surface area (Å²) in [5, 5.41) is 0.440. The van der Waals surface area contributed by atoms with E-state index in [1.165, 1.54) is 0 Å². The molecule has 0 aliphatic carbocycles. The van der Waals surface area contributed by atoms with E-state index in [0.717, 1.165) is 0 Å². The van der Waals surface area contributed by atoms with E-state index >= 15 is 0 Å². The van der Waals surface area contributed by atoms with Gasteiger partial charge in [0, 0.05) is 6.07 Å². The van der Waals surface area contributed by atoms with Crippen molar-refractivity contribution < 1.29 is 23.4 Å². The lowest BCUT2D eigenvalue weighted by Crippen LogP contribution is -2.17. The highest BCUT2D eigenvalue weighted by Crippen LogP contribution is 2.35. The van der Waals surface area contributed by atoms with E-state index in [-0.39, 0.29) is 29.3 Å². The molecule has 0 saturated heterocycles. The Labute approximate surface area is 162 Å². The maximum atomic E-state index is 12.6. The third-order valence-corrected chi connectivity index (χ3v) is 3.72. The first-order valence-corrected chi connectivity index (χ1v) is 9.06. The van der Waals surface area contributed by atoms with Gasteiger partial charge in [0.05, 0.1) is 23.2 Å². The minimum absolute atomic E-state index is 0.0323. The molecule has 0 N–H and O–H groups in total. The van der Waals surface area contributed by atoms with E-state index in [2.05, 4.69) is 0 Å². The smallest absolute Gasteiger partial charge is 0.383 e. The van der Waals surface area contributed by atoms with Crippen molar-refractivity contribution in [3.8, 4) is 17.2 Å². The SMILES string of the molecule is CC(C)Oc1ccc2c(OC(=O)c3ccccc3)c(OC(C)C)c(=O)oc2c1. The van der Waals surface area contributed by atoms with Crippen LogP contribution in [0.15, 0.2) is 57.7 Å². The molecule has 0 fully saturated rings. The van der Waals surface area contributed by atoms with Crippen molar-refractivity contribution in [2.45, 2.75) is 39.9 Å². The van der Waals surface area contributed by atoms with Crippen LogP contribution in [0.2, 0.25) is 0 Å². The predicted octanol–water partition coefficient (Wildman–Crippen LogP) is 4.59. The summed E-state index contributed by atoms with van der Waals surface area (Å²) in [6.45, 7) is 7.33. The van der Waals surface area contributed by atoms with Gasteiger partial charge in [0.1, 0.15) is 11.3 Å². The lowest BCUT2D eigenvalue weighted by molar-refractivity contribution is 0.0726. The van der Waals surface area contributed by atoms with Gasteiger partial charge in [-0.2, -0.15) is 0 Å². The maximum Gasteiger partial charge on any atom is 0.383 e. The Balaban J connectivity index is 2.12. The van der Waals surface area contributed by atoms with Gasteiger partial charge < -0.3 is 18.6 Å². The zero-order valence-corrected chi connectivity index (χ0v) is 16.2. The van der Waals surface area contributed by atoms with Crippen LogP contribution in [0.25, 0.3) is 11.0 Å². The van der Waals surface area contributed by atoms with Gasteiger partial charge in [-0.05, 0) is 52.0 Å². The van der Waals surface area contributed by atoms with Crippen LogP contribution in [0.5, 0.6) is 17.2 Å². The summed E-state index contributed by atoms with van der Waals surface area (Å²) in [6.07, 6.45) is -0.346. The van der Waals surface area contributed by atoms with Crippen molar-refractivity contribution in [3.05, 3.63) is 64.5 Å². The molecule has 0 amide bonds. The standard InChI is InChI=1S/C22H22O6/c1-13(2)25-16-10-11-17-18(12-16)27-22(24)20(26-14(3)4)19(17)28-21(23)15-8-6-5-7-9-15/h5-14H,1-4H3. The van der Waals surface area contributed by atoms with Gasteiger partial charge in [0.25, 0.3) is 0 Å². The summed E-state index contributed by atoms with van der Waals surface area (Å²) < 4.78 is 22.2. The number of rotatable bonds is 6. The summed E-state index contributed by atoms with van der Waals surface area (Å²) in [5.41, 5.74) is -0.118. The Morgan fingerprint density at radius 1 is 0.893 bits per heavy atom. The van der Waals surface area contributed by atoms with E-state index in [1.54, 1.807) is 62.4 Å². The highest BCUT2D eigenvalue weighted by molar-refractivity contribution is 5.95. The van der Waals surface area contributed by atoms with Crippen LogP contribution >= 0.6 is 0 Å². The van der Waals surface area contributed by atoms with Crippen LogP contribution in [0.3, 0.4) is 0 Å². The summed E-state index contributed by atoms with van der Waals surface area (Å²) in [4.78, 5) is 25.1. The van der Waals surface area contributed by atoms with Gasteiger partial charge in [-0.3, -0.25) is 0 Å². The highest BCUT2D eigenvalue weighted by Gasteiger charge is 2.22. The largest absolute Gasteiger partial charge is 0.491 e. The van der Waals surface area contributed by atoms with E-state index in [0.29, 0.717) is 16.7 Å². The fourth-order valence-electron chi connectivity index (χ4n) is 2.65. The molecule has 3 rings (SSSR count). The van der Waals surface area contributed by atoms with Crippen molar-refractivity contribution >= 4 is 16.9 Å². The molecule has 1 aromatic heterocycles. The topological polar surface area (TPSA) is 75.0 Å². The van der Waals surface area contributed by atoms with Crippen molar-refractivity contribution in [2.24, 2.45) is 0 Å². The lowest BCUT2D eigenvalue weighted by atomic mass is 10.2. The number of hydrogen-bond donors (Lipinski definition) is 0. The molecule has 0 bridgehead atoms. The Kier molecular flexibility index (Phi) is 5.68. The molecular weight excluding hydrogens is 360 g/mol. The fraction of sp³-hybridized carbons (Fsp3) is 0.273. The summed E-state index contributed by atoms with van der Waals surface area (Å²) in [7, 11) is 0. The van der Waals surface area contributed by atoms with Crippen LogP contribution in [0.1, 0.15) is 38.1 Å². The fourth-order valence-corrected chi connectivity index (χ4v) is 2.65. The van der Waals surface area contributed by atoms with E-state index in [9.17, 15) is 9.59 Å². The maximum absolute atomic E-state index is 12.6. The molecule has 28 heavy (non-hydrogen) atoms. The van der Waals surface area contributed by atoms with Crippen LogP contribution in [0, 0.1) is 0 Å². The second kappa shape index (κ2) is 8.17. The van der Waals surface area contributed by atoms with Gasteiger partial charge in [-0.25, -0.2) is 9.59 Å². The molecule has 6 heteroatoms. The van der Waals surface area contributed by atoms with Crippen LogP contribution in [-0.2, 0) is 0 Å². The molecule has 0 unspecified atom stereocenters. The average Bonchev–Trinajstić information content (AvgIpc) is 2.64. The zero-order chi connectivity index (χ0) is 20.3. The molecule has 0 aliphatic rings. The van der Waals surface area contributed by atoms with Crippen LogP contribution in [-0.4, -0.2) is 18.2 Å². The summed E-state index contributed by atoms with van der Waals surface area (Å²) >= 11 is 0. The van der Waals surface area contributed by atoms with Crippen molar-refractivity contribution in [3.63, 3.8) is 0 Å². The third kappa shape index (κ3) is 4.34. The first-order valence-electron chi connectivity index (χ1n) is 9.06. The Morgan fingerprint density at radius 3 is 2.21 bits per heavy atom. The second-order valence-corrected chi connectivity index (χ2v) is 6.79. The van der Waals surface area contributed by atoms with E-state index in [1.807, 2.05) is 13.8 Å². The molecule has 1 heterocycles. The van der Waals surface area contributed by atoms with Gasteiger partial charge in [-0.1, -0.05) is 18.2 Å². The monoisotopic (exact) mass is 382 g/mol. The molecule has 6 nitrogen and oxygen atoms in total. The van der Waals surface area contributed by atoms with E-state index in [4.69, 9.17) is 18.6 Å². The van der Waals surface area contributed by atoms with Crippen LogP contribution in [0.4, 0.5) is 0 Å². The average molecular weight is 382 g/mol. The summed E-state index contributed by atoms with van der Waals surface area (Å²) in [6, 6.07) is 13.5. The first-order chi connectivity index (χ1) is 13.3. The number of benzene rings is 2. The summed E-state index contributed by atoms with van der Waals surface area (Å²) in [5.74, 6) is -0.152. The molecule has 146 valence electrons. The van der Waals surface area contributed by atoms with Gasteiger partial charge >= 0.3 is 11.6 Å². The number of fused-ring (bicyclic) bond motifs is 1. The van der Waals surface area contributed by atoms with Crippen molar-refractivity contribution in [1.82, 2.24) is 0 Å². The number of esters is 1. The minimum atomic E-state index is -0.723. The zero-order valence-electron chi connectivity index (χ0n) is 16.2. The number of hydrogen-bond acceptors (Lipinski definition) is 6. The molecule has 0 saturated carbocycles. The predicted molar refractivity (Wildman–Crippen MR) is 105 cm³/mol. The first kappa shape index (κ1) is 19.5. The third-order valence-electron chi connectivity index (χ3n) is 3.72. The minimum Gasteiger partial charge on any atom is -0.491 e. The second-order valence-electron chi connectivity index (χ2n) is 6.79. The highest BCUT2D eigenvalue weighted by atomic mass is 16.6. The molecule has 0 aliphatic heterocycles. The van der Waals surface area contributed by atoms with Crippen molar-refractivity contribution in [1.29, 1.82) is 0 Å².